The lowest BCUT2D eigenvalue weighted by Crippen LogP contribution is -2.31. The molecule has 1 aliphatic rings. The Bertz CT molecular complexity index is 908. The number of benzene rings is 2. The van der Waals surface area contributed by atoms with Crippen LogP contribution in [-0.2, 0) is 27.2 Å². The van der Waals surface area contributed by atoms with E-state index in [-0.39, 0.29) is 29.9 Å². The number of imide groups is 1. The molecule has 1 N–H and O–H groups in total. The molecule has 0 aromatic heterocycles. The smallest absolute Gasteiger partial charge is 0.247 e. The number of nitrogens with one attached hydrogen (secondary N) is 1. The second-order valence-corrected chi connectivity index (χ2v) is 7.95. The maximum atomic E-state index is 13.1. The van der Waals surface area contributed by atoms with E-state index in [9.17, 15) is 18.8 Å². The number of amides is 3. The number of anilines is 2. The van der Waals surface area contributed by atoms with E-state index in [1.54, 1.807) is 0 Å². The van der Waals surface area contributed by atoms with Crippen LogP contribution in [0.15, 0.2) is 42.5 Å². The van der Waals surface area contributed by atoms with E-state index in [1.807, 2.05) is 32.0 Å². The molecule has 1 atom stereocenters. The van der Waals surface area contributed by atoms with Gasteiger partial charge in [-0.25, -0.2) is 9.29 Å². The molecule has 29 heavy (non-hydrogen) atoms. The topological polar surface area (TPSA) is 66.5 Å². The number of rotatable bonds is 7. The molecular weight excluding hydrogens is 391 g/mol. The monoisotopic (exact) mass is 414 g/mol. The van der Waals surface area contributed by atoms with Crippen LogP contribution < -0.4 is 10.2 Å². The summed E-state index contributed by atoms with van der Waals surface area (Å²) in [6.45, 7) is 4.07. The fourth-order valence-corrected chi connectivity index (χ4v) is 4.28. The first-order valence-corrected chi connectivity index (χ1v) is 10.6. The Kier molecular flexibility index (Phi) is 6.69. The quantitative estimate of drug-likeness (QED) is 0.697. The van der Waals surface area contributed by atoms with Crippen molar-refractivity contribution in [2.24, 2.45) is 0 Å². The van der Waals surface area contributed by atoms with Crippen LogP contribution in [0, 0.1) is 5.82 Å². The molecule has 7 heteroatoms. The fourth-order valence-electron chi connectivity index (χ4n) is 3.35. The summed E-state index contributed by atoms with van der Waals surface area (Å²) in [6, 6.07) is 11.2. The van der Waals surface area contributed by atoms with Crippen molar-refractivity contribution in [2.45, 2.75) is 38.4 Å². The molecule has 0 spiro atoms. The van der Waals surface area contributed by atoms with Crippen LogP contribution in [0.25, 0.3) is 0 Å². The maximum absolute atomic E-state index is 13.1. The first-order valence-electron chi connectivity index (χ1n) is 9.59. The SMILES string of the molecule is CCc1cccc(CC)c1NC(=O)CS[C@@H]1CC(=O)N(c2ccc(F)cc2)C1=O. The van der Waals surface area contributed by atoms with Crippen molar-refractivity contribution in [3.63, 3.8) is 0 Å². The molecule has 1 saturated heterocycles. The van der Waals surface area contributed by atoms with Gasteiger partial charge in [0.05, 0.1) is 16.7 Å². The molecule has 1 aliphatic heterocycles. The predicted octanol–water partition coefficient (Wildman–Crippen LogP) is 3.95. The van der Waals surface area contributed by atoms with Crippen molar-refractivity contribution >= 4 is 40.9 Å². The molecule has 3 rings (SSSR count). The average molecular weight is 415 g/mol. The largest absolute Gasteiger partial charge is 0.325 e. The van der Waals surface area contributed by atoms with Gasteiger partial charge in [0.2, 0.25) is 17.7 Å². The molecular formula is C22H23FN2O3S. The summed E-state index contributed by atoms with van der Waals surface area (Å²) < 4.78 is 13.1. The van der Waals surface area contributed by atoms with Gasteiger partial charge in [-0.3, -0.25) is 14.4 Å². The first-order chi connectivity index (χ1) is 13.9. The van der Waals surface area contributed by atoms with Gasteiger partial charge in [-0.15, -0.1) is 11.8 Å². The number of para-hydroxylation sites is 1. The van der Waals surface area contributed by atoms with Crippen molar-refractivity contribution in [3.05, 3.63) is 59.4 Å². The summed E-state index contributed by atoms with van der Waals surface area (Å²) in [7, 11) is 0. The number of halogens is 1. The van der Waals surface area contributed by atoms with Crippen LogP contribution in [0.3, 0.4) is 0 Å². The van der Waals surface area contributed by atoms with Gasteiger partial charge in [-0.1, -0.05) is 32.0 Å². The third-order valence-electron chi connectivity index (χ3n) is 4.87. The fraction of sp³-hybridized carbons (Fsp3) is 0.318. The average Bonchev–Trinajstić information content (AvgIpc) is 3.00. The first kappa shape index (κ1) is 21.0. The van der Waals surface area contributed by atoms with Gasteiger partial charge in [0, 0.05) is 12.1 Å². The lowest BCUT2D eigenvalue weighted by molar-refractivity contribution is -0.121. The Morgan fingerprint density at radius 2 is 1.72 bits per heavy atom. The van der Waals surface area contributed by atoms with E-state index in [4.69, 9.17) is 0 Å². The predicted molar refractivity (Wildman–Crippen MR) is 114 cm³/mol. The Labute approximate surface area is 173 Å². The Hall–Kier alpha value is -2.67. The van der Waals surface area contributed by atoms with Gasteiger partial charge in [0.15, 0.2) is 0 Å². The summed E-state index contributed by atoms with van der Waals surface area (Å²) >= 11 is 1.15. The Morgan fingerprint density at radius 1 is 1.10 bits per heavy atom. The van der Waals surface area contributed by atoms with E-state index < -0.39 is 11.1 Å². The summed E-state index contributed by atoms with van der Waals surface area (Å²) in [5.74, 6) is -1.28. The highest BCUT2D eigenvalue weighted by atomic mass is 32.2. The molecule has 0 bridgehead atoms. The molecule has 1 fully saturated rings. The Balaban J connectivity index is 1.63. The van der Waals surface area contributed by atoms with Crippen LogP contribution >= 0.6 is 11.8 Å². The van der Waals surface area contributed by atoms with E-state index in [2.05, 4.69) is 5.32 Å². The summed E-state index contributed by atoms with van der Waals surface area (Å²) in [6.07, 6.45) is 1.64. The highest BCUT2D eigenvalue weighted by Gasteiger charge is 2.40. The number of hydrogen-bond donors (Lipinski definition) is 1. The molecule has 152 valence electrons. The van der Waals surface area contributed by atoms with E-state index >= 15 is 0 Å². The van der Waals surface area contributed by atoms with Gasteiger partial charge in [-0.2, -0.15) is 0 Å². The maximum Gasteiger partial charge on any atom is 0.247 e. The molecule has 0 aliphatic carbocycles. The zero-order valence-electron chi connectivity index (χ0n) is 16.4. The van der Waals surface area contributed by atoms with Crippen LogP contribution in [0.2, 0.25) is 0 Å². The van der Waals surface area contributed by atoms with Crippen LogP contribution in [0.1, 0.15) is 31.4 Å². The second-order valence-electron chi connectivity index (χ2n) is 6.75. The molecule has 5 nitrogen and oxygen atoms in total. The number of aryl methyl sites for hydroxylation is 2. The molecule has 0 radical (unpaired) electrons. The van der Waals surface area contributed by atoms with Crippen molar-refractivity contribution in [1.29, 1.82) is 0 Å². The number of carbonyl (C=O) groups excluding carboxylic acids is 3. The van der Waals surface area contributed by atoms with E-state index in [1.165, 1.54) is 24.3 Å². The molecule has 3 amide bonds. The van der Waals surface area contributed by atoms with Gasteiger partial charge in [-0.05, 0) is 48.2 Å². The van der Waals surface area contributed by atoms with Crippen LogP contribution in [-0.4, -0.2) is 28.7 Å². The standard InChI is InChI=1S/C22H23FN2O3S/c1-3-14-6-5-7-15(4-2)21(14)24-19(26)13-29-18-12-20(27)25(22(18)28)17-10-8-16(23)9-11-17/h5-11,18H,3-4,12-13H2,1-2H3,(H,24,26)/t18-/m1/s1. The minimum atomic E-state index is -0.620. The summed E-state index contributed by atoms with van der Waals surface area (Å²) in [5.41, 5.74) is 3.32. The zero-order chi connectivity index (χ0) is 21.0. The number of thioether (sulfide) groups is 1. The summed E-state index contributed by atoms with van der Waals surface area (Å²) in [5, 5.41) is 2.35. The molecule has 1 heterocycles. The highest BCUT2D eigenvalue weighted by Crippen LogP contribution is 2.30. The molecule has 2 aromatic carbocycles. The van der Waals surface area contributed by atoms with E-state index in [0.29, 0.717) is 5.69 Å². The number of carbonyl (C=O) groups is 3. The zero-order valence-corrected chi connectivity index (χ0v) is 17.2. The van der Waals surface area contributed by atoms with Crippen molar-refractivity contribution in [3.8, 4) is 0 Å². The third kappa shape index (κ3) is 4.67. The highest BCUT2D eigenvalue weighted by molar-refractivity contribution is 8.01. The minimum absolute atomic E-state index is 0.0277. The Morgan fingerprint density at radius 3 is 2.31 bits per heavy atom. The van der Waals surface area contributed by atoms with Crippen LogP contribution in [0.4, 0.5) is 15.8 Å². The summed E-state index contributed by atoms with van der Waals surface area (Å²) in [4.78, 5) is 38.5. The molecule has 0 unspecified atom stereocenters. The van der Waals surface area contributed by atoms with Crippen LogP contribution in [0.5, 0.6) is 0 Å². The normalized spacial score (nSPS) is 16.4. The number of nitrogens with zero attached hydrogens (tertiary/aromatic N) is 1. The van der Waals surface area contributed by atoms with Gasteiger partial charge >= 0.3 is 0 Å². The molecule has 2 aromatic rings. The number of hydrogen-bond acceptors (Lipinski definition) is 4. The van der Waals surface area contributed by atoms with Crippen molar-refractivity contribution in [2.75, 3.05) is 16.0 Å². The van der Waals surface area contributed by atoms with Crippen molar-refractivity contribution in [1.82, 2.24) is 0 Å². The third-order valence-corrected chi connectivity index (χ3v) is 6.07. The second kappa shape index (κ2) is 9.22. The van der Waals surface area contributed by atoms with Gasteiger partial charge < -0.3 is 5.32 Å². The van der Waals surface area contributed by atoms with Gasteiger partial charge in [0.1, 0.15) is 5.82 Å². The van der Waals surface area contributed by atoms with Crippen molar-refractivity contribution < 1.29 is 18.8 Å². The van der Waals surface area contributed by atoms with E-state index in [0.717, 1.165) is 46.3 Å². The lowest BCUT2D eigenvalue weighted by atomic mass is 10.0. The molecule has 0 saturated carbocycles. The van der Waals surface area contributed by atoms with Gasteiger partial charge in [0.25, 0.3) is 0 Å². The lowest BCUT2D eigenvalue weighted by Gasteiger charge is -2.16. The minimum Gasteiger partial charge on any atom is -0.325 e.